The van der Waals surface area contributed by atoms with Crippen molar-refractivity contribution in [3.63, 3.8) is 0 Å². The van der Waals surface area contributed by atoms with Gasteiger partial charge < -0.3 is 5.32 Å². The first-order valence-electron chi connectivity index (χ1n) is 6.70. The number of rotatable bonds is 6. The van der Waals surface area contributed by atoms with E-state index in [1.165, 1.54) is 6.42 Å². The number of hydrogen-bond donors (Lipinski definition) is 1. The Hall–Kier alpha value is -0.570. The minimum absolute atomic E-state index is 0.201. The van der Waals surface area contributed by atoms with Crippen LogP contribution < -0.4 is 5.32 Å². The highest BCUT2D eigenvalue weighted by Gasteiger charge is 2.12. The van der Waals surface area contributed by atoms with Crippen molar-refractivity contribution in [1.29, 1.82) is 0 Å². The second kappa shape index (κ2) is 7.13. The van der Waals surface area contributed by atoms with Crippen molar-refractivity contribution in [2.45, 2.75) is 53.0 Å². The Morgan fingerprint density at radius 2 is 1.94 bits per heavy atom. The molecule has 0 amide bonds. The highest BCUT2D eigenvalue weighted by molar-refractivity contribution is 9.10. The summed E-state index contributed by atoms with van der Waals surface area (Å²) in [6.45, 7) is 8.62. The van der Waals surface area contributed by atoms with Crippen LogP contribution in [-0.2, 0) is 0 Å². The average Bonchev–Trinajstić information content (AvgIpc) is 2.34. The Morgan fingerprint density at radius 1 is 1.28 bits per heavy atom. The van der Waals surface area contributed by atoms with Crippen LogP contribution in [0.1, 0.15) is 45.6 Å². The van der Waals surface area contributed by atoms with Crippen LogP contribution in [0.15, 0.2) is 16.6 Å². The molecule has 1 rings (SSSR count). The molecule has 1 aromatic carbocycles. The molecule has 1 N–H and O–H groups in total. The fraction of sp³-hybridized carbons (Fsp3) is 0.600. The van der Waals surface area contributed by atoms with E-state index < -0.39 is 0 Å². The monoisotopic (exact) mass is 315 g/mol. The Morgan fingerprint density at radius 3 is 2.50 bits per heavy atom. The molecule has 18 heavy (non-hydrogen) atoms. The number of hydrogen-bond acceptors (Lipinski definition) is 1. The lowest BCUT2D eigenvalue weighted by atomic mass is 9.97. The van der Waals surface area contributed by atoms with Crippen molar-refractivity contribution >= 4 is 21.6 Å². The van der Waals surface area contributed by atoms with E-state index >= 15 is 0 Å². The third-order valence-electron chi connectivity index (χ3n) is 3.50. The zero-order valence-electron chi connectivity index (χ0n) is 11.7. The normalized spacial score (nSPS) is 14.3. The van der Waals surface area contributed by atoms with E-state index in [1.807, 2.05) is 13.0 Å². The second-order valence-corrected chi connectivity index (χ2v) is 5.93. The summed E-state index contributed by atoms with van der Waals surface area (Å²) in [5.41, 5.74) is 1.98. The first-order chi connectivity index (χ1) is 8.47. The smallest absolute Gasteiger partial charge is 0.137 e. The van der Waals surface area contributed by atoms with Gasteiger partial charge >= 0.3 is 0 Å². The predicted octanol–water partition coefficient (Wildman–Crippen LogP) is 5.52. The summed E-state index contributed by atoms with van der Waals surface area (Å²) in [7, 11) is 0. The average molecular weight is 316 g/mol. The number of aryl methyl sites for hydroxylation is 1. The molecule has 0 radical (unpaired) electrons. The van der Waals surface area contributed by atoms with Gasteiger partial charge in [0, 0.05) is 11.7 Å². The molecule has 0 aliphatic heterocycles. The van der Waals surface area contributed by atoms with Crippen LogP contribution in [0.2, 0.25) is 0 Å². The highest BCUT2D eigenvalue weighted by Crippen LogP contribution is 2.26. The molecule has 0 saturated heterocycles. The van der Waals surface area contributed by atoms with Crippen LogP contribution in [0.25, 0.3) is 0 Å². The lowest BCUT2D eigenvalue weighted by Crippen LogP contribution is -2.21. The van der Waals surface area contributed by atoms with Gasteiger partial charge in [-0.3, -0.25) is 0 Å². The van der Waals surface area contributed by atoms with Crippen molar-refractivity contribution in [3.8, 4) is 0 Å². The standard InChI is InChI=1S/C15H23BrFN/c1-5-10(3)7-12(6-2)18-15-9-13(16)14(17)8-11(15)4/h8-10,12,18H,5-7H2,1-4H3. The molecule has 0 saturated carbocycles. The van der Waals surface area contributed by atoms with Crippen molar-refractivity contribution in [3.05, 3.63) is 28.0 Å². The number of benzene rings is 1. The minimum Gasteiger partial charge on any atom is -0.382 e. The maximum absolute atomic E-state index is 13.4. The van der Waals surface area contributed by atoms with Crippen LogP contribution in [0.5, 0.6) is 0 Å². The van der Waals surface area contributed by atoms with E-state index in [1.54, 1.807) is 6.07 Å². The van der Waals surface area contributed by atoms with Crippen molar-refractivity contribution < 1.29 is 4.39 Å². The molecule has 1 aromatic rings. The Kier molecular flexibility index (Phi) is 6.13. The van der Waals surface area contributed by atoms with Crippen LogP contribution in [0.4, 0.5) is 10.1 Å². The highest BCUT2D eigenvalue weighted by atomic mass is 79.9. The van der Waals surface area contributed by atoms with Crippen LogP contribution in [0, 0.1) is 18.7 Å². The lowest BCUT2D eigenvalue weighted by molar-refractivity contribution is 0.461. The van der Waals surface area contributed by atoms with Gasteiger partial charge in [-0.25, -0.2) is 4.39 Å². The molecule has 2 atom stereocenters. The van der Waals surface area contributed by atoms with Gasteiger partial charge in [-0.1, -0.05) is 27.2 Å². The molecule has 3 heteroatoms. The van der Waals surface area contributed by atoms with E-state index in [-0.39, 0.29) is 5.82 Å². The fourth-order valence-electron chi connectivity index (χ4n) is 2.00. The van der Waals surface area contributed by atoms with Crippen LogP contribution >= 0.6 is 15.9 Å². The number of halogens is 2. The maximum Gasteiger partial charge on any atom is 0.137 e. The fourth-order valence-corrected chi connectivity index (χ4v) is 2.35. The van der Waals surface area contributed by atoms with E-state index in [4.69, 9.17) is 0 Å². The largest absolute Gasteiger partial charge is 0.382 e. The van der Waals surface area contributed by atoms with Crippen molar-refractivity contribution in [1.82, 2.24) is 0 Å². The van der Waals surface area contributed by atoms with E-state index in [0.717, 1.165) is 24.1 Å². The lowest BCUT2D eigenvalue weighted by Gasteiger charge is -2.22. The van der Waals surface area contributed by atoms with Crippen molar-refractivity contribution in [2.24, 2.45) is 5.92 Å². The first-order valence-corrected chi connectivity index (χ1v) is 7.49. The number of nitrogens with one attached hydrogen (secondary N) is 1. The zero-order valence-corrected chi connectivity index (χ0v) is 13.3. The molecule has 0 aliphatic rings. The molecular weight excluding hydrogens is 293 g/mol. The molecule has 0 fully saturated rings. The summed E-state index contributed by atoms with van der Waals surface area (Å²) < 4.78 is 13.9. The summed E-state index contributed by atoms with van der Waals surface area (Å²) >= 11 is 3.24. The van der Waals surface area contributed by atoms with Crippen molar-refractivity contribution in [2.75, 3.05) is 5.32 Å². The van der Waals surface area contributed by atoms with Crippen LogP contribution in [-0.4, -0.2) is 6.04 Å². The molecule has 0 spiro atoms. The van der Waals surface area contributed by atoms with E-state index in [9.17, 15) is 4.39 Å². The molecule has 0 aliphatic carbocycles. The summed E-state index contributed by atoms with van der Waals surface area (Å²) in [5.74, 6) is 0.514. The Balaban J connectivity index is 2.78. The quantitative estimate of drug-likeness (QED) is 0.728. The zero-order chi connectivity index (χ0) is 13.7. The van der Waals surface area contributed by atoms with Gasteiger partial charge in [-0.2, -0.15) is 0 Å². The van der Waals surface area contributed by atoms with Gasteiger partial charge in [-0.15, -0.1) is 0 Å². The third kappa shape index (κ3) is 4.27. The summed E-state index contributed by atoms with van der Waals surface area (Å²) in [6, 6.07) is 3.86. The minimum atomic E-state index is -0.201. The van der Waals surface area contributed by atoms with E-state index in [0.29, 0.717) is 16.4 Å². The summed E-state index contributed by atoms with van der Waals surface area (Å²) in [4.78, 5) is 0. The summed E-state index contributed by atoms with van der Waals surface area (Å²) in [6.07, 6.45) is 3.44. The molecule has 0 bridgehead atoms. The molecule has 0 heterocycles. The summed E-state index contributed by atoms with van der Waals surface area (Å²) in [5, 5.41) is 3.53. The predicted molar refractivity (Wildman–Crippen MR) is 80.6 cm³/mol. The van der Waals surface area contributed by atoms with Gasteiger partial charge in [0.05, 0.1) is 4.47 Å². The topological polar surface area (TPSA) is 12.0 Å². The molecular formula is C15H23BrFN. The van der Waals surface area contributed by atoms with Gasteiger partial charge in [0.1, 0.15) is 5.82 Å². The number of anilines is 1. The third-order valence-corrected chi connectivity index (χ3v) is 4.11. The van der Waals surface area contributed by atoms with Gasteiger partial charge in [0.2, 0.25) is 0 Å². The van der Waals surface area contributed by atoms with Gasteiger partial charge in [0.25, 0.3) is 0 Å². The van der Waals surface area contributed by atoms with E-state index in [2.05, 4.69) is 42.0 Å². The molecule has 102 valence electrons. The van der Waals surface area contributed by atoms with Gasteiger partial charge in [0.15, 0.2) is 0 Å². The molecule has 1 nitrogen and oxygen atoms in total. The SMILES string of the molecule is CCC(C)CC(CC)Nc1cc(Br)c(F)cc1C. The Labute approximate surface area is 118 Å². The molecule has 0 aromatic heterocycles. The maximum atomic E-state index is 13.4. The van der Waals surface area contributed by atoms with Gasteiger partial charge in [-0.05, 0) is 59.3 Å². The van der Waals surface area contributed by atoms with Crippen LogP contribution in [0.3, 0.4) is 0 Å². The first kappa shape index (κ1) is 15.5. The molecule has 2 unspecified atom stereocenters. The second-order valence-electron chi connectivity index (χ2n) is 5.08. The Bertz CT molecular complexity index is 392.